The quantitative estimate of drug-likeness (QED) is 0.756. The highest BCUT2D eigenvalue weighted by molar-refractivity contribution is 5.86. The summed E-state index contributed by atoms with van der Waals surface area (Å²) >= 11 is 0. The number of benzene rings is 1. The second-order valence-electron chi connectivity index (χ2n) is 3.92. The van der Waals surface area contributed by atoms with Gasteiger partial charge in [0.15, 0.2) is 0 Å². The lowest BCUT2D eigenvalue weighted by molar-refractivity contribution is 0.420. The summed E-state index contributed by atoms with van der Waals surface area (Å²) in [7, 11) is 3.69. The van der Waals surface area contributed by atoms with Crippen LogP contribution < -0.4 is 10.1 Å². The Hall–Kier alpha value is -1.48. The van der Waals surface area contributed by atoms with Gasteiger partial charge in [0.25, 0.3) is 0 Å². The number of aromatic nitrogens is 1. The predicted molar refractivity (Wildman–Crippen MR) is 67.1 cm³/mol. The van der Waals surface area contributed by atoms with E-state index in [0.717, 1.165) is 30.7 Å². The van der Waals surface area contributed by atoms with Gasteiger partial charge in [0.05, 0.1) is 7.11 Å². The Morgan fingerprint density at radius 3 is 3.00 bits per heavy atom. The highest BCUT2D eigenvalue weighted by Gasteiger charge is 2.04. The summed E-state index contributed by atoms with van der Waals surface area (Å²) in [5, 5.41) is 4.33. The van der Waals surface area contributed by atoms with Crippen LogP contribution >= 0.6 is 0 Å². The van der Waals surface area contributed by atoms with Crippen LogP contribution in [-0.2, 0) is 6.42 Å². The molecule has 2 N–H and O–H groups in total. The molecule has 0 atom stereocenters. The molecule has 2 rings (SSSR count). The molecule has 0 saturated carbocycles. The Morgan fingerprint density at radius 2 is 2.25 bits per heavy atom. The normalized spacial score (nSPS) is 10.9. The molecule has 0 saturated heterocycles. The van der Waals surface area contributed by atoms with E-state index in [1.165, 1.54) is 11.1 Å². The molecule has 1 aromatic heterocycles. The summed E-state index contributed by atoms with van der Waals surface area (Å²) in [5.41, 5.74) is 2.42. The summed E-state index contributed by atoms with van der Waals surface area (Å²) in [6.45, 7) is 1.05. The highest BCUT2D eigenvalue weighted by atomic mass is 16.5. The van der Waals surface area contributed by atoms with Gasteiger partial charge < -0.3 is 15.0 Å². The SMILES string of the molecule is CNCCCc1cc2c(OC)cccc2[nH]1. The van der Waals surface area contributed by atoms with Gasteiger partial charge in [-0.15, -0.1) is 0 Å². The largest absolute Gasteiger partial charge is 0.496 e. The Balaban J connectivity index is 2.22. The molecule has 0 radical (unpaired) electrons. The standard InChI is InChI=1S/C13H18N2O/c1-14-8-4-5-10-9-11-12(15-10)6-3-7-13(11)16-2/h3,6-7,9,14-15H,4-5,8H2,1-2H3. The molecule has 0 amide bonds. The lowest BCUT2D eigenvalue weighted by Crippen LogP contribution is -2.08. The highest BCUT2D eigenvalue weighted by Crippen LogP contribution is 2.26. The van der Waals surface area contributed by atoms with Crippen LogP contribution in [-0.4, -0.2) is 25.7 Å². The number of hydrogen-bond donors (Lipinski definition) is 2. The summed E-state index contributed by atoms with van der Waals surface area (Å²) in [4.78, 5) is 3.42. The van der Waals surface area contributed by atoms with Crippen LogP contribution in [0, 0.1) is 0 Å². The third kappa shape index (κ3) is 2.19. The minimum Gasteiger partial charge on any atom is -0.496 e. The molecule has 86 valence electrons. The van der Waals surface area contributed by atoms with Gasteiger partial charge in [-0.25, -0.2) is 0 Å². The van der Waals surface area contributed by atoms with E-state index in [4.69, 9.17) is 4.74 Å². The second kappa shape index (κ2) is 5.03. The number of ether oxygens (including phenoxy) is 1. The zero-order chi connectivity index (χ0) is 11.4. The number of methoxy groups -OCH3 is 1. The fourth-order valence-corrected chi connectivity index (χ4v) is 1.95. The molecular weight excluding hydrogens is 200 g/mol. The van der Waals surface area contributed by atoms with E-state index in [-0.39, 0.29) is 0 Å². The van der Waals surface area contributed by atoms with Crippen molar-refractivity contribution in [1.82, 2.24) is 10.3 Å². The molecule has 2 aromatic rings. The van der Waals surface area contributed by atoms with Crippen LogP contribution in [0.1, 0.15) is 12.1 Å². The number of nitrogens with one attached hydrogen (secondary N) is 2. The van der Waals surface area contributed by atoms with E-state index in [1.807, 2.05) is 19.2 Å². The van der Waals surface area contributed by atoms with Crippen LogP contribution in [0.25, 0.3) is 10.9 Å². The van der Waals surface area contributed by atoms with Crippen molar-refractivity contribution in [2.45, 2.75) is 12.8 Å². The average Bonchev–Trinajstić information content (AvgIpc) is 2.71. The molecular formula is C13H18N2O. The van der Waals surface area contributed by atoms with Gasteiger partial charge in [-0.1, -0.05) is 6.07 Å². The summed E-state index contributed by atoms with van der Waals surface area (Å²) in [6.07, 6.45) is 2.21. The zero-order valence-corrected chi connectivity index (χ0v) is 9.84. The van der Waals surface area contributed by atoms with Crippen molar-refractivity contribution >= 4 is 10.9 Å². The van der Waals surface area contributed by atoms with Crippen LogP contribution in [0.15, 0.2) is 24.3 Å². The maximum absolute atomic E-state index is 5.33. The fraction of sp³-hybridized carbons (Fsp3) is 0.385. The third-order valence-electron chi connectivity index (χ3n) is 2.77. The van der Waals surface area contributed by atoms with Gasteiger partial charge in [-0.2, -0.15) is 0 Å². The van der Waals surface area contributed by atoms with Crippen LogP contribution in [0.3, 0.4) is 0 Å². The molecule has 1 heterocycles. The zero-order valence-electron chi connectivity index (χ0n) is 9.84. The molecule has 3 heteroatoms. The summed E-state index contributed by atoms with van der Waals surface area (Å²) < 4.78 is 5.33. The maximum atomic E-state index is 5.33. The Morgan fingerprint density at radius 1 is 1.38 bits per heavy atom. The van der Waals surface area contributed by atoms with Crippen molar-refractivity contribution in [2.24, 2.45) is 0 Å². The van der Waals surface area contributed by atoms with Crippen LogP contribution in [0.5, 0.6) is 5.75 Å². The molecule has 3 nitrogen and oxygen atoms in total. The lowest BCUT2D eigenvalue weighted by atomic mass is 10.2. The lowest BCUT2D eigenvalue weighted by Gasteiger charge is -1.99. The van der Waals surface area contributed by atoms with Crippen molar-refractivity contribution in [1.29, 1.82) is 0 Å². The fourth-order valence-electron chi connectivity index (χ4n) is 1.95. The topological polar surface area (TPSA) is 37.0 Å². The monoisotopic (exact) mass is 218 g/mol. The van der Waals surface area contributed by atoms with Gasteiger partial charge in [-0.3, -0.25) is 0 Å². The molecule has 0 unspecified atom stereocenters. The Labute approximate surface area is 95.8 Å². The molecule has 0 bridgehead atoms. The third-order valence-corrected chi connectivity index (χ3v) is 2.77. The van der Waals surface area contributed by atoms with Crippen molar-refractivity contribution in [2.75, 3.05) is 20.7 Å². The van der Waals surface area contributed by atoms with Gasteiger partial charge in [0.1, 0.15) is 5.75 Å². The van der Waals surface area contributed by atoms with E-state index in [9.17, 15) is 0 Å². The molecule has 0 aliphatic rings. The minimum absolute atomic E-state index is 0.939. The first-order valence-corrected chi connectivity index (χ1v) is 5.64. The van der Waals surface area contributed by atoms with Crippen molar-refractivity contribution in [3.05, 3.63) is 30.0 Å². The van der Waals surface area contributed by atoms with Gasteiger partial charge in [0, 0.05) is 16.6 Å². The predicted octanol–water partition coefficient (Wildman–Crippen LogP) is 2.33. The summed E-state index contributed by atoms with van der Waals surface area (Å²) in [5.74, 6) is 0.939. The van der Waals surface area contributed by atoms with E-state index in [0.29, 0.717) is 0 Å². The number of rotatable bonds is 5. The second-order valence-corrected chi connectivity index (χ2v) is 3.92. The minimum atomic E-state index is 0.939. The van der Waals surface area contributed by atoms with Gasteiger partial charge in [-0.05, 0) is 44.6 Å². The van der Waals surface area contributed by atoms with Gasteiger partial charge >= 0.3 is 0 Å². The molecule has 0 spiro atoms. The maximum Gasteiger partial charge on any atom is 0.128 e. The molecule has 0 aliphatic heterocycles. The van der Waals surface area contributed by atoms with Crippen LogP contribution in [0.2, 0.25) is 0 Å². The number of fused-ring (bicyclic) bond motifs is 1. The van der Waals surface area contributed by atoms with Crippen molar-refractivity contribution in [3.63, 3.8) is 0 Å². The average molecular weight is 218 g/mol. The molecule has 16 heavy (non-hydrogen) atoms. The first-order chi connectivity index (χ1) is 7.85. The summed E-state index contributed by atoms with van der Waals surface area (Å²) in [6, 6.07) is 8.27. The Bertz CT molecular complexity index is 462. The number of aromatic amines is 1. The molecule has 0 fully saturated rings. The van der Waals surface area contributed by atoms with E-state index in [1.54, 1.807) is 7.11 Å². The number of aryl methyl sites for hydroxylation is 1. The first-order valence-electron chi connectivity index (χ1n) is 5.64. The van der Waals surface area contributed by atoms with Crippen LogP contribution in [0.4, 0.5) is 0 Å². The smallest absolute Gasteiger partial charge is 0.128 e. The molecule has 0 aliphatic carbocycles. The van der Waals surface area contributed by atoms with Gasteiger partial charge in [0.2, 0.25) is 0 Å². The van der Waals surface area contributed by atoms with E-state index in [2.05, 4.69) is 22.4 Å². The van der Waals surface area contributed by atoms with Crippen molar-refractivity contribution < 1.29 is 4.74 Å². The molecule has 1 aromatic carbocycles. The first kappa shape index (κ1) is 11.0. The van der Waals surface area contributed by atoms with E-state index >= 15 is 0 Å². The van der Waals surface area contributed by atoms with Crippen molar-refractivity contribution in [3.8, 4) is 5.75 Å². The number of H-pyrrole nitrogens is 1. The van der Waals surface area contributed by atoms with E-state index < -0.39 is 0 Å². The number of hydrogen-bond acceptors (Lipinski definition) is 2. The Kier molecular flexibility index (Phi) is 3.47.